The number of carboxylic acids is 1. The lowest BCUT2D eigenvalue weighted by Gasteiger charge is -2.17. The molecule has 4 nitrogen and oxygen atoms in total. The number of carboxylic acid groups (broad SMARTS) is 1. The predicted octanol–water partition coefficient (Wildman–Crippen LogP) is 3.22. The molecule has 0 aliphatic carbocycles. The summed E-state index contributed by atoms with van der Waals surface area (Å²) >= 11 is 1.22. The first-order chi connectivity index (χ1) is 8.61. The third-order valence-corrected chi connectivity index (χ3v) is 3.55. The van der Waals surface area contributed by atoms with E-state index in [-0.39, 0.29) is 0 Å². The molecule has 0 unspecified atom stereocenters. The number of methoxy groups -OCH3 is 1. The number of anilines is 2. The maximum Gasteiger partial charge on any atom is 0.345 e. The number of carbonyl (C=O) groups is 1. The molecule has 2 aromatic rings. The highest BCUT2D eigenvalue weighted by Crippen LogP contribution is 2.29. The first kappa shape index (κ1) is 12.4. The Kier molecular flexibility index (Phi) is 3.53. The van der Waals surface area contributed by atoms with Gasteiger partial charge in [-0.3, -0.25) is 0 Å². The van der Waals surface area contributed by atoms with Crippen LogP contribution in [0.1, 0.15) is 9.67 Å². The molecule has 0 atom stereocenters. The van der Waals surface area contributed by atoms with E-state index >= 15 is 0 Å². The van der Waals surface area contributed by atoms with E-state index in [0.29, 0.717) is 4.88 Å². The van der Waals surface area contributed by atoms with E-state index in [4.69, 9.17) is 9.84 Å². The molecular formula is C13H13NO3S. The van der Waals surface area contributed by atoms with E-state index in [2.05, 4.69) is 0 Å². The minimum atomic E-state index is -0.894. The van der Waals surface area contributed by atoms with Gasteiger partial charge in [0.2, 0.25) is 0 Å². The van der Waals surface area contributed by atoms with E-state index in [1.54, 1.807) is 13.2 Å². The number of rotatable bonds is 4. The number of hydrogen-bond donors (Lipinski definition) is 1. The normalized spacial score (nSPS) is 10.1. The summed E-state index contributed by atoms with van der Waals surface area (Å²) in [5.74, 6) is -0.0990. The van der Waals surface area contributed by atoms with Crippen LogP contribution >= 0.6 is 11.3 Å². The maximum atomic E-state index is 10.8. The molecule has 5 heteroatoms. The van der Waals surface area contributed by atoms with Crippen molar-refractivity contribution in [3.63, 3.8) is 0 Å². The molecule has 0 saturated heterocycles. The lowest BCUT2D eigenvalue weighted by atomic mass is 10.2. The molecule has 0 bridgehead atoms. The van der Waals surface area contributed by atoms with Crippen LogP contribution in [0, 0.1) is 0 Å². The summed E-state index contributed by atoms with van der Waals surface area (Å²) in [6.07, 6.45) is 0. The van der Waals surface area contributed by atoms with Gasteiger partial charge in [-0.1, -0.05) is 0 Å². The van der Waals surface area contributed by atoms with Crippen LogP contribution in [-0.2, 0) is 0 Å². The Morgan fingerprint density at radius 3 is 2.44 bits per heavy atom. The minimum absolute atomic E-state index is 0.338. The largest absolute Gasteiger partial charge is 0.497 e. The molecule has 0 aliphatic rings. The number of thiophene rings is 1. The Balaban J connectivity index is 2.23. The van der Waals surface area contributed by atoms with Crippen molar-refractivity contribution in [1.29, 1.82) is 0 Å². The summed E-state index contributed by atoms with van der Waals surface area (Å²) in [4.78, 5) is 13.1. The molecule has 1 N–H and O–H groups in total. The van der Waals surface area contributed by atoms with Crippen LogP contribution in [0.4, 0.5) is 11.4 Å². The maximum absolute atomic E-state index is 10.8. The Morgan fingerprint density at radius 1 is 1.28 bits per heavy atom. The van der Waals surface area contributed by atoms with Crippen molar-refractivity contribution in [1.82, 2.24) is 0 Å². The van der Waals surface area contributed by atoms with Crippen LogP contribution in [0.5, 0.6) is 5.75 Å². The lowest BCUT2D eigenvalue weighted by molar-refractivity contribution is 0.0702. The molecule has 0 aliphatic heterocycles. The van der Waals surface area contributed by atoms with Gasteiger partial charge in [0.05, 0.1) is 12.8 Å². The predicted molar refractivity (Wildman–Crippen MR) is 72.3 cm³/mol. The second-order valence-corrected chi connectivity index (χ2v) is 4.64. The van der Waals surface area contributed by atoms with Crippen molar-refractivity contribution >= 4 is 28.7 Å². The van der Waals surface area contributed by atoms with Crippen molar-refractivity contribution in [2.75, 3.05) is 19.1 Å². The van der Waals surface area contributed by atoms with Crippen LogP contribution in [0.25, 0.3) is 0 Å². The molecule has 2 rings (SSSR count). The fourth-order valence-electron chi connectivity index (χ4n) is 1.57. The van der Waals surface area contributed by atoms with Crippen LogP contribution < -0.4 is 9.64 Å². The summed E-state index contributed by atoms with van der Waals surface area (Å²) in [5.41, 5.74) is 1.84. The first-order valence-electron chi connectivity index (χ1n) is 5.31. The van der Waals surface area contributed by atoms with Gasteiger partial charge in [-0.05, 0) is 30.3 Å². The van der Waals surface area contributed by atoms with Gasteiger partial charge in [0.25, 0.3) is 0 Å². The molecule has 0 saturated carbocycles. The zero-order valence-electron chi connectivity index (χ0n) is 10.1. The van der Waals surface area contributed by atoms with Crippen LogP contribution in [-0.4, -0.2) is 25.2 Å². The average Bonchev–Trinajstić information content (AvgIpc) is 2.88. The standard InChI is InChI=1S/C13H13NO3S/c1-14(9-3-5-11(17-2)6-4-9)10-7-12(13(15)16)18-8-10/h3-8H,1-2H3,(H,15,16). The van der Waals surface area contributed by atoms with Gasteiger partial charge in [0, 0.05) is 18.1 Å². The second-order valence-electron chi connectivity index (χ2n) is 3.73. The summed E-state index contributed by atoms with van der Waals surface area (Å²) in [6, 6.07) is 9.26. The summed E-state index contributed by atoms with van der Waals surface area (Å²) in [6.45, 7) is 0. The smallest absolute Gasteiger partial charge is 0.345 e. The third-order valence-electron chi connectivity index (χ3n) is 2.64. The molecule has 0 fully saturated rings. The number of aromatic carboxylic acids is 1. The highest BCUT2D eigenvalue weighted by Gasteiger charge is 2.10. The van der Waals surface area contributed by atoms with E-state index in [1.165, 1.54) is 11.3 Å². The molecule has 18 heavy (non-hydrogen) atoms. The number of ether oxygens (including phenoxy) is 1. The molecule has 1 heterocycles. The monoisotopic (exact) mass is 263 g/mol. The van der Waals surface area contributed by atoms with Crippen molar-refractivity contribution in [3.8, 4) is 5.75 Å². The zero-order chi connectivity index (χ0) is 13.1. The summed E-state index contributed by atoms with van der Waals surface area (Å²) in [7, 11) is 3.52. The molecule has 1 aromatic carbocycles. The fourth-order valence-corrected chi connectivity index (χ4v) is 2.33. The molecule has 0 spiro atoms. The van der Waals surface area contributed by atoms with Crippen LogP contribution in [0.2, 0.25) is 0 Å². The lowest BCUT2D eigenvalue weighted by Crippen LogP contribution is -2.08. The summed E-state index contributed by atoms with van der Waals surface area (Å²) < 4.78 is 5.10. The third kappa shape index (κ3) is 2.46. The van der Waals surface area contributed by atoms with Crippen LogP contribution in [0.3, 0.4) is 0 Å². The van der Waals surface area contributed by atoms with E-state index in [0.717, 1.165) is 17.1 Å². The molecule has 0 amide bonds. The Bertz CT molecular complexity index is 548. The fraction of sp³-hybridized carbons (Fsp3) is 0.154. The second kappa shape index (κ2) is 5.10. The van der Waals surface area contributed by atoms with E-state index in [1.807, 2.05) is 41.6 Å². The van der Waals surface area contributed by atoms with Crippen molar-refractivity contribution in [2.24, 2.45) is 0 Å². The quantitative estimate of drug-likeness (QED) is 0.920. The zero-order valence-corrected chi connectivity index (χ0v) is 10.9. The highest BCUT2D eigenvalue weighted by atomic mass is 32.1. The van der Waals surface area contributed by atoms with Gasteiger partial charge in [-0.25, -0.2) is 4.79 Å². The Labute approximate surface area is 109 Å². The molecular weight excluding hydrogens is 250 g/mol. The van der Waals surface area contributed by atoms with Gasteiger partial charge < -0.3 is 14.7 Å². The SMILES string of the molecule is COc1ccc(N(C)c2csc(C(=O)O)c2)cc1. The van der Waals surface area contributed by atoms with Gasteiger partial charge in [-0.15, -0.1) is 11.3 Å². The van der Waals surface area contributed by atoms with Crippen molar-refractivity contribution in [2.45, 2.75) is 0 Å². The molecule has 0 radical (unpaired) electrons. The van der Waals surface area contributed by atoms with Crippen molar-refractivity contribution in [3.05, 3.63) is 40.6 Å². The van der Waals surface area contributed by atoms with Gasteiger partial charge in [0.15, 0.2) is 0 Å². The average molecular weight is 263 g/mol. The van der Waals surface area contributed by atoms with Crippen molar-refractivity contribution < 1.29 is 14.6 Å². The first-order valence-corrected chi connectivity index (χ1v) is 6.19. The number of nitrogens with zero attached hydrogens (tertiary/aromatic N) is 1. The molecule has 1 aromatic heterocycles. The Hall–Kier alpha value is -2.01. The number of benzene rings is 1. The van der Waals surface area contributed by atoms with Gasteiger partial charge in [-0.2, -0.15) is 0 Å². The van der Waals surface area contributed by atoms with Gasteiger partial charge in [0.1, 0.15) is 10.6 Å². The Morgan fingerprint density at radius 2 is 1.94 bits per heavy atom. The minimum Gasteiger partial charge on any atom is -0.497 e. The topological polar surface area (TPSA) is 49.8 Å². The van der Waals surface area contributed by atoms with Crippen LogP contribution in [0.15, 0.2) is 35.7 Å². The molecule has 94 valence electrons. The van der Waals surface area contributed by atoms with E-state index in [9.17, 15) is 4.79 Å². The van der Waals surface area contributed by atoms with E-state index < -0.39 is 5.97 Å². The van der Waals surface area contributed by atoms with Gasteiger partial charge >= 0.3 is 5.97 Å². The number of hydrogen-bond acceptors (Lipinski definition) is 4. The summed E-state index contributed by atoms with van der Waals surface area (Å²) in [5, 5.41) is 10.7. The highest BCUT2D eigenvalue weighted by molar-refractivity contribution is 7.12.